The topological polar surface area (TPSA) is 71.5 Å². The number of pyridine rings is 1. The smallest absolute Gasteiger partial charge is 0.408 e. The fraction of sp³-hybridized carbons (Fsp3) is 0.556. The van der Waals surface area contributed by atoms with Crippen molar-refractivity contribution in [3.63, 3.8) is 0 Å². The molecule has 1 aromatic rings. The summed E-state index contributed by atoms with van der Waals surface area (Å²) in [5, 5.41) is 12.1. The van der Waals surface area contributed by atoms with Gasteiger partial charge in [0.1, 0.15) is 5.60 Å². The maximum atomic E-state index is 11.8. The van der Waals surface area contributed by atoms with Crippen LogP contribution in [0.25, 0.3) is 6.08 Å². The summed E-state index contributed by atoms with van der Waals surface area (Å²) in [7, 11) is 0. The van der Waals surface area contributed by atoms with E-state index >= 15 is 0 Å². The predicted molar refractivity (Wildman–Crippen MR) is 92.1 cm³/mol. The van der Waals surface area contributed by atoms with E-state index in [0.717, 1.165) is 17.0 Å². The lowest BCUT2D eigenvalue weighted by molar-refractivity contribution is 0.0507. The standard InChI is InChI=1S/C18H28N2O3/c1-12-10-11-16(20-15(12)9-7-8-13(2)21)14(3)19-17(22)23-18(4,5)6/h7,9-11,13-14,21H,8H2,1-6H3,(H,19,22). The third-order valence-electron chi connectivity index (χ3n) is 3.09. The van der Waals surface area contributed by atoms with Crippen LogP contribution in [0.2, 0.25) is 0 Å². The van der Waals surface area contributed by atoms with Gasteiger partial charge in [-0.1, -0.05) is 12.1 Å². The van der Waals surface area contributed by atoms with Gasteiger partial charge >= 0.3 is 6.09 Å². The van der Waals surface area contributed by atoms with Crippen molar-refractivity contribution < 1.29 is 14.6 Å². The number of alkyl carbamates (subject to hydrolysis) is 1. The maximum absolute atomic E-state index is 11.8. The number of carbonyl (C=O) groups is 1. The summed E-state index contributed by atoms with van der Waals surface area (Å²) in [5.74, 6) is 0. The Bertz CT molecular complexity index is 560. The first-order chi connectivity index (χ1) is 10.6. The minimum absolute atomic E-state index is 0.255. The molecule has 1 heterocycles. The zero-order valence-electron chi connectivity index (χ0n) is 14.9. The predicted octanol–water partition coefficient (Wildman–Crippen LogP) is 3.76. The molecule has 5 heteroatoms. The summed E-state index contributed by atoms with van der Waals surface area (Å²) >= 11 is 0. The van der Waals surface area contributed by atoms with Crippen LogP contribution in [0.4, 0.5) is 4.79 Å². The molecule has 0 saturated carbocycles. The minimum atomic E-state index is -0.528. The number of aliphatic hydroxyl groups is 1. The Kier molecular flexibility index (Phi) is 6.76. The van der Waals surface area contributed by atoms with Gasteiger partial charge in [0.05, 0.1) is 23.5 Å². The fourth-order valence-corrected chi connectivity index (χ4v) is 1.91. The van der Waals surface area contributed by atoms with E-state index in [2.05, 4.69) is 10.3 Å². The summed E-state index contributed by atoms with van der Waals surface area (Å²) in [6.45, 7) is 11.1. The van der Waals surface area contributed by atoms with Crippen LogP contribution in [0.5, 0.6) is 0 Å². The highest BCUT2D eigenvalue weighted by Crippen LogP contribution is 2.16. The van der Waals surface area contributed by atoms with Gasteiger partial charge in [-0.15, -0.1) is 0 Å². The van der Waals surface area contributed by atoms with E-state index in [1.807, 2.05) is 58.9 Å². The van der Waals surface area contributed by atoms with Crippen molar-refractivity contribution in [3.8, 4) is 0 Å². The normalized spacial score (nSPS) is 14.6. The van der Waals surface area contributed by atoms with Crippen LogP contribution < -0.4 is 5.32 Å². The van der Waals surface area contributed by atoms with Gasteiger partial charge in [-0.05, 0) is 65.7 Å². The Morgan fingerprint density at radius 2 is 2.04 bits per heavy atom. The molecular weight excluding hydrogens is 292 g/mol. The van der Waals surface area contributed by atoms with Crippen molar-refractivity contribution >= 4 is 12.2 Å². The van der Waals surface area contributed by atoms with Gasteiger partial charge < -0.3 is 15.2 Å². The number of aromatic nitrogens is 1. The van der Waals surface area contributed by atoms with Gasteiger partial charge in [0.2, 0.25) is 0 Å². The molecule has 0 bridgehead atoms. The maximum Gasteiger partial charge on any atom is 0.408 e. The zero-order valence-corrected chi connectivity index (χ0v) is 14.9. The first-order valence-electron chi connectivity index (χ1n) is 7.90. The Hall–Kier alpha value is -1.88. The zero-order chi connectivity index (χ0) is 17.6. The SMILES string of the molecule is Cc1ccc(C(C)NC(=O)OC(C)(C)C)nc1C=CCC(C)O. The van der Waals surface area contributed by atoms with Crippen molar-refractivity contribution in [3.05, 3.63) is 35.2 Å². The molecule has 0 aliphatic rings. The quantitative estimate of drug-likeness (QED) is 0.866. The molecule has 1 rings (SSSR count). The highest BCUT2D eigenvalue weighted by atomic mass is 16.6. The van der Waals surface area contributed by atoms with Gasteiger partial charge in [0.25, 0.3) is 0 Å². The second-order valence-electron chi connectivity index (χ2n) is 6.79. The van der Waals surface area contributed by atoms with Gasteiger partial charge in [-0.2, -0.15) is 0 Å². The summed E-state index contributed by atoms with van der Waals surface area (Å²) < 4.78 is 5.26. The minimum Gasteiger partial charge on any atom is -0.444 e. The van der Waals surface area contributed by atoms with Crippen LogP contribution in [-0.2, 0) is 4.74 Å². The fourth-order valence-electron chi connectivity index (χ4n) is 1.91. The van der Waals surface area contributed by atoms with E-state index in [4.69, 9.17) is 4.74 Å². The molecule has 2 atom stereocenters. The number of ether oxygens (including phenoxy) is 1. The number of hydrogen-bond donors (Lipinski definition) is 2. The number of rotatable bonds is 5. The van der Waals surface area contributed by atoms with Crippen LogP contribution in [-0.4, -0.2) is 27.9 Å². The molecule has 0 radical (unpaired) electrons. The second-order valence-corrected chi connectivity index (χ2v) is 6.79. The Balaban J connectivity index is 2.80. The summed E-state index contributed by atoms with van der Waals surface area (Å²) in [4.78, 5) is 16.4. The van der Waals surface area contributed by atoms with E-state index in [9.17, 15) is 9.90 Å². The van der Waals surface area contributed by atoms with Crippen LogP contribution in [0.15, 0.2) is 18.2 Å². The summed E-state index contributed by atoms with van der Waals surface area (Å²) in [6.07, 6.45) is 3.54. The van der Waals surface area contributed by atoms with Crippen molar-refractivity contribution in [1.82, 2.24) is 10.3 Å². The third-order valence-corrected chi connectivity index (χ3v) is 3.09. The lowest BCUT2D eigenvalue weighted by atomic mass is 10.1. The molecule has 5 nitrogen and oxygen atoms in total. The van der Waals surface area contributed by atoms with Crippen LogP contribution in [0, 0.1) is 6.92 Å². The largest absolute Gasteiger partial charge is 0.444 e. The van der Waals surface area contributed by atoms with Gasteiger partial charge in [0, 0.05) is 0 Å². The molecule has 1 aromatic heterocycles. The Labute approximate surface area is 138 Å². The van der Waals surface area contributed by atoms with Crippen molar-refractivity contribution in [2.24, 2.45) is 0 Å². The molecule has 0 spiro atoms. The van der Waals surface area contributed by atoms with E-state index in [1.165, 1.54) is 0 Å². The summed E-state index contributed by atoms with van der Waals surface area (Å²) in [6, 6.07) is 3.61. The number of hydrogen-bond acceptors (Lipinski definition) is 4. The Morgan fingerprint density at radius 1 is 1.39 bits per heavy atom. The lowest BCUT2D eigenvalue weighted by Crippen LogP contribution is -2.34. The molecule has 1 amide bonds. The first kappa shape index (κ1) is 19.2. The van der Waals surface area contributed by atoms with Crippen LogP contribution in [0.3, 0.4) is 0 Å². The Morgan fingerprint density at radius 3 is 2.61 bits per heavy atom. The number of aryl methyl sites for hydroxylation is 1. The molecular formula is C18H28N2O3. The molecule has 23 heavy (non-hydrogen) atoms. The van der Waals surface area contributed by atoms with Crippen molar-refractivity contribution in [1.29, 1.82) is 0 Å². The molecule has 0 saturated heterocycles. The molecule has 0 fully saturated rings. The van der Waals surface area contributed by atoms with E-state index < -0.39 is 11.7 Å². The molecule has 0 aliphatic heterocycles. The van der Waals surface area contributed by atoms with Crippen molar-refractivity contribution in [2.45, 2.75) is 65.7 Å². The van der Waals surface area contributed by atoms with Gasteiger partial charge in [-0.3, -0.25) is 4.98 Å². The molecule has 2 N–H and O–H groups in total. The second kappa shape index (κ2) is 8.11. The van der Waals surface area contributed by atoms with E-state index in [0.29, 0.717) is 6.42 Å². The van der Waals surface area contributed by atoms with E-state index in [-0.39, 0.29) is 12.1 Å². The molecule has 0 aliphatic carbocycles. The monoisotopic (exact) mass is 320 g/mol. The molecule has 128 valence electrons. The van der Waals surface area contributed by atoms with Gasteiger partial charge in [-0.25, -0.2) is 4.79 Å². The average Bonchev–Trinajstić information content (AvgIpc) is 2.38. The highest BCUT2D eigenvalue weighted by molar-refractivity contribution is 5.68. The van der Waals surface area contributed by atoms with E-state index in [1.54, 1.807) is 6.92 Å². The number of carbonyl (C=O) groups excluding carboxylic acids is 1. The highest BCUT2D eigenvalue weighted by Gasteiger charge is 2.19. The van der Waals surface area contributed by atoms with Crippen molar-refractivity contribution in [2.75, 3.05) is 0 Å². The third kappa shape index (κ3) is 7.28. The summed E-state index contributed by atoms with van der Waals surface area (Å²) in [5.41, 5.74) is 2.11. The molecule has 0 aromatic carbocycles. The van der Waals surface area contributed by atoms with Crippen LogP contribution in [0.1, 0.15) is 64.0 Å². The number of aliphatic hydroxyl groups excluding tert-OH is 1. The first-order valence-corrected chi connectivity index (χ1v) is 7.90. The number of amides is 1. The lowest BCUT2D eigenvalue weighted by Gasteiger charge is -2.22. The average molecular weight is 320 g/mol. The van der Waals surface area contributed by atoms with Gasteiger partial charge in [0.15, 0.2) is 0 Å². The number of nitrogens with zero attached hydrogens (tertiary/aromatic N) is 1. The number of nitrogens with one attached hydrogen (secondary N) is 1. The molecule has 2 unspecified atom stereocenters. The van der Waals surface area contributed by atoms with Crippen LogP contribution >= 0.6 is 0 Å².